The van der Waals surface area contributed by atoms with Crippen molar-refractivity contribution in [3.05, 3.63) is 51.4 Å². The van der Waals surface area contributed by atoms with Crippen LogP contribution >= 0.6 is 11.6 Å². The number of halogens is 2. The van der Waals surface area contributed by atoms with Crippen LogP contribution in [0.1, 0.15) is 34.7 Å². The Kier molecular flexibility index (Phi) is 6.62. The van der Waals surface area contributed by atoms with E-state index < -0.39 is 18.3 Å². The summed E-state index contributed by atoms with van der Waals surface area (Å²) in [6.45, 7) is 0.520. The molecule has 2 saturated heterocycles. The van der Waals surface area contributed by atoms with Crippen LogP contribution in [0.3, 0.4) is 0 Å². The highest BCUT2D eigenvalue weighted by molar-refractivity contribution is 6.31. The maximum absolute atomic E-state index is 15.1. The van der Waals surface area contributed by atoms with Gasteiger partial charge in [0.05, 0.1) is 29.4 Å². The SMILES string of the molecule is COCC(=O)Cc1cc(F)c2c(c1)CCC2Cc1nc2nc(O[C@@H]3CO[C@H]4[C@@H]3OC[C@H]4O)[nH]c2cc1Cl. The predicted octanol–water partition coefficient (Wildman–Crippen LogP) is 2.69. The number of methoxy groups -OCH3 is 1. The molecule has 1 aliphatic carbocycles. The number of pyridine rings is 1. The molecule has 0 saturated carbocycles. The maximum Gasteiger partial charge on any atom is 0.296 e. The Hall–Kier alpha value is -2.63. The van der Waals surface area contributed by atoms with Gasteiger partial charge in [0.25, 0.3) is 6.01 Å². The number of H-pyrrole nitrogens is 1. The van der Waals surface area contributed by atoms with Crippen molar-refractivity contribution in [1.29, 1.82) is 0 Å². The molecule has 2 aliphatic heterocycles. The number of benzene rings is 1. The van der Waals surface area contributed by atoms with E-state index in [2.05, 4.69) is 15.0 Å². The molecule has 0 spiro atoms. The topological polar surface area (TPSA) is 116 Å². The predicted molar refractivity (Wildman–Crippen MR) is 131 cm³/mol. The first-order valence-corrected chi connectivity index (χ1v) is 12.7. The molecule has 196 valence electrons. The second kappa shape index (κ2) is 9.92. The van der Waals surface area contributed by atoms with Gasteiger partial charge in [-0.1, -0.05) is 17.7 Å². The van der Waals surface area contributed by atoms with Crippen molar-refractivity contribution in [2.75, 3.05) is 26.9 Å². The zero-order valence-electron chi connectivity index (χ0n) is 20.2. The van der Waals surface area contributed by atoms with E-state index in [1.54, 1.807) is 6.07 Å². The summed E-state index contributed by atoms with van der Waals surface area (Å²) >= 11 is 6.57. The largest absolute Gasteiger partial charge is 0.456 e. The lowest BCUT2D eigenvalue weighted by Gasteiger charge is -2.15. The van der Waals surface area contributed by atoms with E-state index in [-0.39, 0.29) is 55.9 Å². The molecule has 37 heavy (non-hydrogen) atoms. The number of aliphatic hydroxyl groups excluding tert-OH is 1. The van der Waals surface area contributed by atoms with Gasteiger partial charge in [0.2, 0.25) is 0 Å². The quantitative estimate of drug-likeness (QED) is 0.456. The molecule has 4 heterocycles. The second-order valence-electron chi connectivity index (χ2n) is 9.89. The van der Waals surface area contributed by atoms with Crippen LogP contribution in [0, 0.1) is 5.82 Å². The van der Waals surface area contributed by atoms with E-state index >= 15 is 4.39 Å². The van der Waals surface area contributed by atoms with Crippen LogP contribution in [0.25, 0.3) is 11.2 Å². The third-order valence-corrected chi connectivity index (χ3v) is 7.64. The molecule has 9 nitrogen and oxygen atoms in total. The number of ether oxygens (including phenoxy) is 4. The van der Waals surface area contributed by atoms with Crippen LogP contribution in [-0.2, 0) is 38.3 Å². The first kappa shape index (κ1) is 24.7. The number of nitrogens with one attached hydrogen (secondary N) is 1. The minimum atomic E-state index is -0.660. The molecule has 2 aromatic heterocycles. The van der Waals surface area contributed by atoms with Gasteiger partial charge in [0.15, 0.2) is 17.5 Å². The minimum Gasteiger partial charge on any atom is -0.456 e. The first-order chi connectivity index (χ1) is 17.9. The van der Waals surface area contributed by atoms with E-state index in [1.165, 1.54) is 13.2 Å². The Bertz CT molecular complexity index is 1350. The highest BCUT2D eigenvalue weighted by Crippen LogP contribution is 2.39. The number of Topliss-reactive ketones (excluding diaryl/α,β-unsaturated/α-hetero) is 1. The molecule has 0 radical (unpaired) electrons. The smallest absolute Gasteiger partial charge is 0.296 e. The average molecular weight is 532 g/mol. The number of carbonyl (C=O) groups excluding carboxylic acids is 1. The third-order valence-electron chi connectivity index (χ3n) is 7.31. The maximum atomic E-state index is 15.1. The van der Waals surface area contributed by atoms with Gasteiger partial charge in [-0.2, -0.15) is 4.98 Å². The van der Waals surface area contributed by atoms with Gasteiger partial charge in [-0.25, -0.2) is 9.37 Å². The molecule has 3 aromatic rings. The standard InChI is InChI=1S/C26H27ClFN3O6/c1-34-9-15(32)5-12-4-13-2-3-14(22(13)17(28)6-12)7-18-16(27)8-19-25(29-18)31-26(30-19)37-21-11-36-23-20(33)10-35-24(21)23/h4,6,8,14,20-21,23-24,33H,2-3,5,7,9-11H2,1H3,(H,29,30,31)/t14?,20-,21-,23-,24-/m1/s1. The van der Waals surface area contributed by atoms with Crippen molar-refractivity contribution in [1.82, 2.24) is 15.0 Å². The zero-order valence-corrected chi connectivity index (χ0v) is 21.0. The molecular weight excluding hydrogens is 505 g/mol. The summed E-state index contributed by atoms with van der Waals surface area (Å²) < 4.78 is 37.2. The van der Waals surface area contributed by atoms with Crippen molar-refractivity contribution >= 4 is 28.5 Å². The number of fused-ring (bicyclic) bond motifs is 3. The lowest BCUT2D eigenvalue weighted by Crippen LogP contribution is -2.34. The van der Waals surface area contributed by atoms with E-state index in [1.807, 2.05) is 6.07 Å². The van der Waals surface area contributed by atoms with Crippen LogP contribution in [-0.4, -0.2) is 77.2 Å². The fourth-order valence-corrected chi connectivity index (χ4v) is 5.90. The number of aromatic amines is 1. The molecule has 0 bridgehead atoms. The Labute approximate surface area is 217 Å². The molecule has 1 unspecified atom stereocenters. The highest BCUT2D eigenvalue weighted by atomic mass is 35.5. The highest BCUT2D eigenvalue weighted by Gasteiger charge is 2.48. The fourth-order valence-electron chi connectivity index (χ4n) is 5.67. The summed E-state index contributed by atoms with van der Waals surface area (Å²) in [6, 6.07) is 5.39. The zero-order chi connectivity index (χ0) is 25.7. The first-order valence-electron chi connectivity index (χ1n) is 12.3. The minimum absolute atomic E-state index is 0.0142. The van der Waals surface area contributed by atoms with Crippen LogP contribution in [0.15, 0.2) is 18.2 Å². The van der Waals surface area contributed by atoms with E-state index in [4.69, 9.17) is 30.5 Å². The van der Waals surface area contributed by atoms with Gasteiger partial charge in [-0.3, -0.25) is 4.79 Å². The molecule has 0 amide bonds. The van der Waals surface area contributed by atoms with E-state index in [9.17, 15) is 9.90 Å². The number of aromatic nitrogens is 3. The van der Waals surface area contributed by atoms with Crippen molar-refractivity contribution in [3.63, 3.8) is 0 Å². The summed E-state index contributed by atoms with van der Waals surface area (Å²) in [7, 11) is 1.47. The normalized spacial score (nSPS) is 26.5. The number of hydrogen-bond donors (Lipinski definition) is 2. The second-order valence-corrected chi connectivity index (χ2v) is 10.3. The fraction of sp³-hybridized carbons (Fsp3) is 0.500. The molecule has 2 fully saturated rings. The number of ketones is 1. The molecule has 1 aromatic carbocycles. The Balaban J connectivity index is 1.19. The van der Waals surface area contributed by atoms with Gasteiger partial charge >= 0.3 is 0 Å². The van der Waals surface area contributed by atoms with Crippen molar-refractivity contribution in [2.45, 2.75) is 56.0 Å². The van der Waals surface area contributed by atoms with E-state index in [0.717, 1.165) is 18.4 Å². The van der Waals surface area contributed by atoms with Crippen molar-refractivity contribution in [2.24, 2.45) is 0 Å². The monoisotopic (exact) mass is 531 g/mol. The van der Waals surface area contributed by atoms with Crippen molar-refractivity contribution in [3.8, 4) is 6.01 Å². The summed E-state index contributed by atoms with van der Waals surface area (Å²) in [6.07, 6.45) is 0.302. The molecule has 2 N–H and O–H groups in total. The van der Waals surface area contributed by atoms with Gasteiger partial charge in [0.1, 0.15) is 30.7 Å². The average Bonchev–Trinajstić information content (AvgIpc) is 3.61. The van der Waals surface area contributed by atoms with Gasteiger partial charge < -0.3 is 29.0 Å². The lowest BCUT2D eigenvalue weighted by atomic mass is 9.93. The van der Waals surface area contributed by atoms with Crippen LogP contribution in [0.5, 0.6) is 6.01 Å². The van der Waals surface area contributed by atoms with Crippen LogP contribution in [0.2, 0.25) is 5.02 Å². The number of imidazole rings is 1. The summed E-state index contributed by atoms with van der Waals surface area (Å²) in [4.78, 5) is 24.1. The number of nitrogens with zero attached hydrogens (tertiary/aromatic N) is 2. The molecular formula is C26H27ClFN3O6. The number of aryl methyl sites for hydroxylation is 1. The Morgan fingerprint density at radius 2 is 2.08 bits per heavy atom. The van der Waals surface area contributed by atoms with Crippen molar-refractivity contribution < 1.29 is 33.2 Å². The molecule has 6 rings (SSSR count). The number of hydrogen-bond acceptors (Lipinski definition) is 8. The van der Waals surface area contributed by atoms with Gasteiger partial charge in [0, 0.05) is 13.5 Å². The Morgan fingerprint density at radius 3 is 2.92 bits per heavy atom. The van der Waals surface area contributed by atoms with Crippen LogP contribution in [0.4, 0.5) is 4.39 Å². The summed E-state index contributed by atoms with van der Waals surface area (Å²) in [5.41, 5.74) is 3.96. The number of carbonyl (C=O) groups is 1. The summed E-state index contributed by atoms with van der Waals surface area (Å²) in [5, 5.41) is 10.4. The number of rotatable bonds is 8. The lowest BCUT2D eigenvalue weighted by molar-refractivity contribution is -0.121. The molecule has 5 atom stereocenters. The Morgan fingerprint density at radius 1 is 1.24 bits per heavy atom. The summed E-state index contributed by atoms with van der Waals surface area (Å²) in [5.74, 6) is -0.463. The molecule has 11 heteroatoms. The molecule has 3 aliphatic rings. The van der Waals surface area contributed by atoms with Crippen LogP contribution < -0.4 is 4.74 Å². The van der Waals surface area contributed by atoms with E-state index in [0.29, 0.717) is 39.4 Å². The van der Waals surface area contributed by atoms with Gasteiger partial charge in [-0.05, 0) is 54.0 Å². The third kappa shape index (κ3) is 4.72. The number of aliphatic hydroxyl groups is 1. The van der Waals surface area contributed by atoms with Gasteiger partial charge in [-0.15, -0.1) is 0 Å².